The molecule has 5 unspecified atom stereocenters. The summed E-state index contributed by atoms with van der Waals surface area (Å²) in [6, 6.07) is 5.47. The maximum absolute atomic E-state index is 13.5. The van der Waals surface area contributed by atoms with Crippen molar-refractivity contribution in [3.05, 3.63) is 35.4 Å². The molecular weight excluding hydrogens is 356 g/mol. The summed E-state index contributed by atoms with van der Waals surface area (Å²) in [6.07, 6.45) is 4.63. The number of allylic oxidation sites excluding steroid dienone is 1. The number of phenols is 1. The Morgan fingerprint density at radius 1 is 1.39 bits per heavy atom. The summed E-state index contributed by atoms with van der Waals surface area (Å²) < 4.78 is 5.39. The summed E-state index contributed by atoms with van der Waals surface area (Å²) in [7, 11) is 3.52. The highest BCUT2D eigenvalue weighted by atomic mass is 16.5. The number of benzene rings is 1. The topological polar surface area (TPSA) is 73.2 Å². The molecular formula is C22H28N2O4. The lowest BCUT2D eigenvalue weighted by Crippen LogP contribution is -2.72. The molecule has 1 spiro atoms. The van der Waals surface area contributed by atoms with E-state index in [1.54, 1.807) is 6.07 Å². The summed E-state index contributed by atoms with van der Waals surface area (Å²) in [5.41, 5.74) is 1.12. The Morgan fingerprint density at radius 3 is 2.86 bits per heavy atom. The fraction of sp³-hybridized carbons (Fsp3) is 0.591. The third-order valence-electron chi connectivity index (χ3n) is 8.45. The minimum absolute atomic E-state index is 0.0740. The molecule has 6 nitrogen and oxygen atoms in total. The second-order valence-electron chi connectivity index (χ2n) is 8.73. The van der Waals surface area contributed by atoms with Crippen molar-refractivity contribution in [3.8, 4) is 5.75 Å². The summed E-state index contributed by atoms with van der Waals surface area (Å²) in [6.45, 7) is 3.41. The average molecular weight is 384 g/mol. The molecule has 6 heteroatoms. The molecule has 4 aliphatic heterocycles. The molecule has 0 aromatic heterocycles. The molecule has 5 aliphatic rings. The number of nitrogens with zero attached hydrogens (tertiary/aromatic N) is 2. The van der Waals surface area contributed by atoms with Gasteiger partial charge < -0.3 is 19.8 Å². The Kier molecular flexibility index (Phi) is 3.55. The fourth-order valence-corrected chi connectivity index (χ4v) is 7.56. The second-order valence-corrected chi connectivity index (χ2v) is 8.73. The number of aliphatic hydroxyl groups excluding tert-OH is 1. The number of methoxy groups -OCH3 is 1. The first kappa shape index (κ1) is 18.0. The van der Waals surface area contributed by atoms with Crippen molar-refractivity contribution in [2.45, 2.75) is 37.3 Å². The van der Waals surface area contributed by atoms with Crippen molar-refractivity contribution in [2.24, 2.45) is 11.3 Å². The number of anilines is 1. The van der Waals surface area contributed by atoms with Crippen LogP contribution in [0.1, 0.15) is 31.7 Å². The van der Waals surface area contributed by atoms with E-state index in [2.05, 4.69) is 22.9 Å². The van der Waals surface area contributed by atoms with Gasteiger partial charge >= 0.3 is 5.97 Å². The Morgan fingerprint density at radius 2 is 2.18 bits per heavy atom. The normalized spacial score (nSPS) is 41.7. The van der Waals surface area contributed by atoms with E-state index in [1.807, 2.05) is 19.1 Å². The highest BCUT2D eigenvalue weighted by Crippen LogP contribution is 2.74. The largest absolute Gasteiger partial charge is 0.508 e. The number of rotatable bonds is 2. The van der Waals surface area contributed by atoms with Crippen LogP contribution < -0.4 is 4.90 Å². The predicted octanol–water partition coefficient (Wildman–Crippen LogP) is 2.00. The lowest BCUT2D eigenvalue weighted by Gasteiger charge is -2.59. The molecule has 1 aromatic carbocycles. The summed E-state index contributed by atoms with van der Waals surface area (Å²) >= 11 is 0. The molecule has 150 valence electrons. The van der Waals surface area contributed by atoms with Gasteiger partial charge in [0.1, 0.15) is 16.8 Å². The van der Waals surface area contributed by atoms with Crippen molar-refractivity contribution in [1.82, 2.24) is 4.90 Å². The van der Waals surface area contributed by atoms with Crippen LogP contribution >= 0.6 is 0 Å². The molecule has 4 fully saturated rings. The quantitative estimate of drug-likeness (QED) is 0.600. The number of aliphatic hydroxyl groups is 1. The third kappa shape index (κ3) is 1.56. The SMILES string of the molecule is C/C=C1\CN2CCC34c5cc(O)ccc5N(C)C23CCC1C4(CO)C(=O)OC. The summed E-state index contributed by atoms with van der Waals surface area (Å²) in [5.74, 6) is -0.216. The van der Waals surface area contributed by atoms with Gasteiger partial charge in [0.25, 0.3) is 0 Å². The number of ether oxygens (including phenoxy) is 1. The maximum Gasteiger partial charge on any atom is 0.315 e. The number of fused-ring (bicyclic) bond motifs is 3. The van der Waals surface area contributed by atoms with Gasteiger partial charge in [-0.3, -0.25) is 9.69 Å². The Bertz CT molecular complexity index is 899. The van der Waals surface area contributed by atoms with Crippen LogP contribution in [-0.2, 0) is 14.9 Å². The maximum atomic E-state index is 13.5. The van der Waals surface area contributed by atoms with Crippen LogP contribution in [-0.4, -0.2) is 60.6 Å². The van der Waals surface area contributed by atoms with Crippen LogP contribution in [0.5, 0.6) is 5.75 Å². The van der Waals surface area contributed by atoms with Gasteiger partial charge in [-0.25, -0.2) is 0 Å². The molecule has 0 radical (unpaired) electrons. The van der Waals surface area contributed by atoms with E-state index in [9.17, 15) is 15.0 Å². The number of likely N-dealkylation sites (N-methyl/N-ethyl adjacent to an activating group) is 1. The van der Waals surface area contributed by atoms with Gasteiger partial charge in [-0.1, -0.05) is 11.6 Å². The molecule has 2 N–H and O–H groups in total. The Labute approximate surface area is 165 Å². The number of carbonyl (C=O) groups excluding carboxylic acids is 1. The molecule has 0 amide bonds. The Balaban J connectivity index is 1.94. The highest BCUT2D eigenvalue weighted by Gasteiger charge is 2.81. The van der Waals surface area contributed by atoms with Gasteiger partial charge in [-0.15, -0.1) is 0 Å². The van der Waals surface area contributed by atoms with Crippen molar-refractivity contribution < 1.29 is 19.7 Å². The van der Waals surface area contributed by atoms with Crippen LogP contribution in [0.15, 0.2) is 29.8 Å². The van der Waals surface area contributed by atoms with E-state index in [0.29, 0.717) is 0 Å². The minimum atomic E-state index is -1.07. The van der Waals surface area contributed by atoms with E-state index >= 15 is 0 Å². The summed E-state index contributed by atoms with van der Waals surface area (Å²) in [4.78, 5) is 18.3. The molecule has 6 rings (SSSR count). The van der Waals surface area contributed by atoms with E-state index < -0.39 is 16.5 Å². The van der Waals surface area contributed by atoms with Crippen LogP contribution in [0, 0.1) is 11.3 Å². The number of aromatic hydroxyl groups is 1. The van der Waals surface area contributed by atoms with Gasteiger partial charge in [-0.2, -0.15) is 0 Å². The zero-order valence-corrected chi connectivity index (χ0v) is 16.7. The van der Waals surface area contributed by atoms with Gasteiger partial charge in [0.15, 0.2) is 0 Å². The van der Waals surface area contributed by atoms with Gasteiger partial charge in [-0.05, 0) is 49.9 Å². The van der Waals surface area contributed by atoms with Gasteiger partial charge in [0.05, 0.1) is 19.1 Å². The van der Waals surface area contributed by atoms with Crippen LogP contribution in [0.3, 0.4) is 0 Å². The van der Waals surface area contributed by atoms with Gasteiger partial charge in [0, 0.05) is 31.7 Å². The lowest BCUT2D eigenvalue weighted by molar-refractivity contribution is -0.175. The van der Waals surface area contributed by atoms with Crippen LogP contribution in [0.2, 0.25) is 0 Å². The van der Waals surface area contributed by atoms with Crippen molar-refractivity contribution in [2.75, 3.05) is 38.8 Å². The molecule has 1 aromatic rings. The van der Waals surface area contributed by atoms with Crippen LogP contribution in [0.4, 0.5) is 5.69 Å². The summed E-state index contributed by atoms with van der Waals surface area (Å²) in [5, 5.41) is 21.3. The third-order valence-corrected chi connectivity index (χ3v) is 8.45. The van der Waals surface area contributed by atoms with E-state index in [1.165, 1.54) is 12.7 Å². The first-order chi connectivity index (χ1) is 13.4. The first-order valence-electron chi connectivity index (χ1n) is 10.1. The number of carbonyl (C=O) groups is 1. The Hall–Kier alpha value is -2.05. The monoisotopic (exact) mass is 384 g/mol. The molecule has 1 aliphatic carbocycles. The van der Waals surface area contributed by atoms with Crippen LogP contribution in [0.25, 0.3) is 0 Å². The van der Waals surface area contributed by atoms with E-state index in [4.69, 9.17) is 4.74 Å². The lowest BCUT2D eigenvalue weighted by atomic mass is 9.46. The number of hydrogen-bond donors (Lipinski definition) is 2. The molecule has 1 saturated carbocycles. The highest BCUT2D eigenvalue weighted by molar-refractivity contribution is 5.86. The average Bonchev–Trinajstić information content (AvgIpc) is 3.04. The first-order valence-corrected chi connectivity index (χ1v) is 10.1. The number of esters is 1. The molecule has 3 saturated heterocycles. The van der Waals surface area contributed by atoms with Gasteiger partial charge in [0.2, 0.25) is 0 Å². The molecule has 28 heavy (non-hydrogen) atoms. The molecule has 4 bridgehead atoms. The molecule has 4 heterocycles. The fourth-order valence-electron chi connectivity index (χ4n) is 7.56. The predicted molar refractivity (Wildman–Crippen MR) is 105 cm³/mol. The molecule has 5 atom stereocenters. The van der Waals surface area contributed by atoms with E-state index in [0.717, 1.165) is 43.6 Å². The zero-order valence-electron chi connectivity index (χ0n) is 16.7. The van der Waals surface area contributed by atoms with E-state index in [-0.39, 0.29) is 24.2 Å². The second kappa shape index (κ2) is 5.51. The van der Waals surface area contributed by atoms with Crippen molar-refractivity contribution in [3.63, 3.8) is 0 Å². The zero-order chi connectivity index (χ0) is 19.9. The number of phenolic OH excluding ortho intramolecular Hbond substituents is 1. The van der Waals surface area contributed by atoms with Crippen molar-refractivity contribution in [1.29, 1.82) is 0 Å². The van der Waals surface area contributed by atoms with Crippen molar-refractivity contribution >= 4 is 11.7 Å². The smallest absolute Gasteiger partial charge is 0.315 e. The minimum Gasteiger partial charge on any atom is -0.508 e. The number of hydrogen-bond acceptors (Lipinski definition) is 6. The standard InChI is InChI=1S/C22H28N2O4/c1-4-14-12-24-10-9-21-17-11-15(26)5-6-18(17)23(2)22(21,24)8-7-16(14)20(21,13-25)19(27)28-3/h4-6,11,16,25-26H,7-10,12-13H2,1-3H3/b14-4+.